The third-order valence-electron chi connectivity index (χ3n) is 6.24. The Hall–Kier alpha value is -3.07. The Morgan fingerprint density at radius 3 is 2.97 bits per heavy atom. The van der Waals surface area contributed by atoms with Gasteiger partial charge in [0.25, 0.3) is 6.47 Å². The van der Waals surface area contributed by atoms with Gasteiger partial charge in [0, 0.05) is 36.2 Å². The van der Waals surface area contributed by atoms with Gasteiger partial charge in [0.1, 0.15) is 17.4 Å². The summed E-state index contributed by atoms with van der Waals surface area (Å²) in [5.74, 6) is 1.58. The van der Waals surface area contributed by atoms with E-state index < -0.39 is 11.7 Å². The summed E-state index contributed by atoms with van der Waals surface area (Å²) in [7, 11) is 0. The van der Waals surface area contributed by atoms with Crippen LogP contribution in [0.1, 0.15) is 31.7 Å². The molecule has 2 aliphatic rings. The maximum atomic E-state index is 15.2. The molecule has 0 bridgehead atoms. The number of hydrogen-bond acceptors (Lipinski definition) is 8. The van der Waals surface area contributed by atoms with Crippen molar-refractivity contribution in [2.75, 3.05) is 18.0 Å². The zero-order valence-corrected chi connectivity index (χ0v) is 17.7. The maximum absolute atomic E-state index is 15.2. The van der Waals surface area contributed by atoms with E-state index in [-0.39, 0.29) is 6.04 Å². The maximum Gasteiger partial charge on any atom is 0.298 e. The van der Waals surface area contributed by atoms with Gasteiger partial charge in [-0.25, -0.2) is 9.37 Å². The number of carbonyl (C=O) groups excluding carboxylic acids is 1. The molecule has 4 heterocycles. The van der Waals surface area contributed by atoms with Crippen molar-refractivity contribution in [3.63, 3.8) is 0 Å². The van der Waals surface area contributed by atoms with Crippen LogP contribution in [0.25, 0.3) is 22.4 Å². The van der Waals surface area contributed by atoms with Gasteiger partial charge in [-0.15, -0.1) is 10.2 Å². The number of aromatic nitrogens is 3. The molecule has 3 aromatic rings. The monoisotopic (exact) mass is 425 g/mol. The van der Waals surface area contributed by atoms with Gasteiger partial charge in [-0.3, -0.25) is 4.79 Å². The number of alkyl halides is 1. The summed E-state index contributed by atoms with van der Waals surface area (Å²) < 4.78 is 26.0. The van der Waals surface area contributed by atoms with Crippen molar-refractivity contribution in [3.8, 4) is 17.0 Å². The largest absolute Gasteiger partial charge is 0.441 e. The van der Waals surface area contributed by atoms with Crippen LogP contribution in [0.4, 0.5) is 10.2 Å². The van der Waals surface area contributed by atoms with Crippen molar-refractivity contribution in [2.45, 2.75) is 51.4 Å². The first-order chi connectivity index (χ1) is 14.9. The Kier molecular flexibility index (Phi) is 4.65. The van der Waals surface area contributed by atoms with Crippen LogP contribution in [-0.4, -0.2) is 52.5 Å². The molecule has 2 aromatic heterocycles. The van der Waals surface area contributed by atoms with E-state index in [0.29, 0.717) is 53.4 Å². The van der Waals surface area contributed by atoms with Crippen molar-refractivity contribution in [3.05, 3.63) is 29.7 Å². The first-order valence-corrected chi connectivity index (χ1v) is 10.4. The quantitative estimate of drug-likeness (QED) is 0.638. The second-order valence-corrected chi connectivity index (χ2v) is 8.69. The molecule has 1 fully saturated rings. The minimum atomic E-state index is -1.02. The number of carbonyl (C=O) groups is 1. The first-order valence-electron chi connectivity index (χ1n) is 10.4. The lowest BCUT2D eigenvalue weighted by molar-refractivity contribution is -0.120. The van der Waals surface area contributed by atoms with Crippen LogP contribution in [0.2, 0.25) is 0 Å². The Morgan fingerprint density at radius 1 is 1.32 bits per heavy atom. The summed E-state index contributed by atoms with van der Waals surface area (Å²) in [6.45, 7) is 7.38. The SMILES string of the molecule is Cc1nc2cc(OC=O)c(-c3cc4c(nn3)N([C@@H]3CCNC(C)(C)[C@@H]3F)CC4)cc2o1. The standard InChI is InChI=1S/C22H24FN5O3/c1-12-25-16-10-18(30-11-29)14(9-19(16)31-12)15-8-13-5-7-28(21(13)27-26-15)17-4-6-24-22(2,3)20(17)23/h8-11,17,20,24H,4-7H2,1-3H3/t17-,20-/m1/s1. The molecule has 162 valence electrons. The van der Waals surface area contributed by atoms with Crippen LogP contribution in [0.15, 0.2) is 22.6 Å². The summed E-state index contributed by atoms with van der Waals surface area (Å²) in [6.07, 6.45) is 0.452. The highest BCUT2D eigenvalue weighted by atomic mass is 19.1. The number of fused-ring (bicyclic) bond motifs is 2. The van der Waals surface area contributed by atoms with Gasteiger partial charge >= 0.3 is 0 Å². The fourth-order valence-electron chi connectivity index (χ4n) is 4.65. The molecule has 0 spiro atoms. The smallest absolute Gasteiger partial charge is 0.298 e. The van der Waals surface area contributed by atoms with Crippen molar-refractivity contribution in [1.29, 1.82) is 0 Å². The Morgan fingerprint density at radius 2 is 2.16 bits per heavy atom. The molecule has 2 aliphatic heterocycles. The molecule has 1 N–H and O–H groups in total. The minimum absolute atomic E-state index is 0.236. The third-order valence-corrected chi connectivity index (χ3v) is 6.24. The number of oxazole rings is 1. The first kappa shape index (κ1) is 19.9. The molecule has 31 heavy (non-hydrogen) atoms. The Balaban J connectivity index is 1.52. The summed E-state index contributed by atoms with van der Waals surface area (Å²) in [6, 6.07) is 5.11. The molecule has 0 amide bonds. The predicted octanol–water partition coefficient (Wildman–Crippen LogP) is 2.97. The topological polar surface area (TPSA) is 93.4 Å². The molecule has 2 atom stereocenters. The molecule has 8 nitrogen and oxygen atoms in total. The second kappa shape index (κ2) is 7.26. The van der Waals surface area contributed by atoms with Crippen molar-refractivity contribution in [1.82, 2.24) is 20.5 Å². The summed E-state index contributed by atoms with van der Waals surface area (Å²) >= 11 is 0. The highest BCUT2D eigenvalue weighted by Gasteiger charge is 2.44. The van der Waals surface area contributed by atoms with E-state index in [0.717, 1.165) is 24.3 Å². The van der Waals surface area contributed by atoms with Crippen LogP contribution in [0, 0.1) is 6.92 Å². The number of nitrogens with one attached hydrogen (secondary N) is 1. The average molecular weight is 425 g/mol. The number of piperidine rings is 1. The lowest BCUT2D eigenvalue weighted by atomic mass is 9.86. The van der Waals surface area contributed by atoms with E-state index in [1.807, 2.05) is 24.8 Å². The number of nitrogens with zero attached hydrogens (tertiary/aromatic N) is 4. The molecular formula is C22H24FN5O3. The molecule has 5 rings (SSSR count). The third kappa shape index (κ3) is 3.33. The van der Waals surface area contributed by atoms with E-state index in [1.165, 1.54) is 0 Å². The number of ether oxygens (including phenoxy) is 1. The highest BCUT2D eigenvalue weighted by molar-refractivity contribution is 5.85. The molecule has 0 unspecified atom stereocenters. The molecule has 1 saturated heterocycles. The van der Waals surface area contributed by atoms with E-state index in [1.54, 1.807) is 19.1 Å². The molecule has 9 heteroatoms. The van der Waals surface area contributed by atoms with Gasteiger partial charge in [-0.05, 0) is 45.4 Å². The van der Waals surface area contributed by atoms with Crippen LogP contribution in [0.5, 0.6) is 5.75 Å². The van der Waals surface area contributed by atoms with E-state index in [2.05, 4.69) is 20.5 Å². The number of halogens is 1. The highest BCUT2D eigenvalue weighted by Crippen LogP contribution is 2.38. The van der Waals surface area contributed by atoms with E-state index in [4.69, 9.17) is 9.15 Å². The van der Waals surface area contributed by atoms with Gasteiger partial charge in [0.2, 0.25) is 0 Å². The zero-order chi connectivity index (χ0) is 21.8. The molecule has 0 aliphatic carbocycles. The van der Waals surface area contributed by atoms with Gasteiger partial charge in [-0.1, -0.05) is 0 Å². The lowest BCUT2D eigenvalue weighted by Gasteiger charge is -2.44. The number of rotatable bonds is 4. The van der Waals surface area contributed by atoms with Crippen molar-refractivity contribution in [2.24, 2.45) is 0 Å². The molecule has 1 aromatic carbocycles. The Bertz CT molecular complexity index is 1160. The molecular weight excluding hydrogens is 401 g/mol. The Labute approximate surface area is 178 Å². The normalized spacial score (nSPS) is 22.5. The fourth-order valence-corrected chi connectivity index (χ4v) is 4.65. The predicted molar refractivity (Wildman–Crippen MR) is 113 cm³/mol. The van der Waals surface area contributed by atoms with Gasteiger partial charge < -0.3 is 19.4 Å². The number of benzene rings is 1. The molecule has 0 radical (unpaired) electrons. The van der Waals surface area contributed by atoms with Crippen LogP contribution in [-0.2, 0) is 11.2 Å². The second-order valence-electron chi connectivity index (χ2n) is 8.69. The van der Waals surface area contributed by atoms with Crippen molar-refractivity contribution >= 4 is 23.4 Å². The van der Waals surface area contributed by atoms with E-state index >= 15 is 4.39 Å². The van der Waals surface area contributed by atoms with Gasteiger partial charge in [0.15, 0.2) is 17.3 Å². The van der Waals surface area contributed by atoms with Gasteiger partial charge in [0.05, 0.1) is 11.7 Å². The zero-order valence-electron chi connectivity index (χ0n) is 17.7. The number of anilines is 1. The fraction of sp³-hybridized carbons (Fsp3) is 0.455. The molecule has 0 saturated carbocycles. The lowest BCUT2D eigenvalue weighted by Crippen LogP contribution is -2.62. The van der Waals surface area contributed by atoms with E-state index in [9.17, 15) is 4.79 Å². The summed E-state index contributed by atoms with van der Waals surface area (Å²) in [4.78, 5) is 17.4. The van der Waals surface area contributed by atoms with Crippen LogP contribution >= 0.6 is 0 Å². The number of aryl methyl sites for hydroxylation is 1. The summed E-state index contributed by atoms with van der Waals surface area (Å²) in [5.41, 5.74) is 2.75. The average Bonchev–Trinajstić information content (AvgIpc) is 3.31. The van der Waals surface area contributed by atoms with Crippen LogP contribution in [0.3, 0.4) is 0 Å². The summed E-state index contributed by atoms with van der Waals surface area (Å²) in [5, 5.41) is 12.1. The van der Waals surface area contributed by atoms with Gasteiger partial charge in [-0.2, -0.15) is 0 Å². The van der Waals surface area contributed by atoms with Crippen LogP contribution < -0.4 is 15.0 Å². The van der Waals surface area contributed by atoms with Crippen molar-refractivity contribution < 1.29 is 18.3 Å². The number of hydrogen-bond donors (Lipinski definition) is 1. The minimum Gasteiger partial charge on any atom is -0.441 e.